The third-order valence-electron chi connectivity index (χ3n) is 4.66. The van der Waals surface area contributed by atoms with E-state index in [1.165, 1.54) is 0 Å². The highest BCUT2D eigenvalue weighted by molar-refractivity contribution is 6.02. The van der Waals surface area contributed by atoms with E-state index >= 15 is 0 Å². The van der Waals surface area contributed by atoms with Crippen molar-refractivity contribution in [2.75, 3.05) is 4.90 Å². The summed E-state index contributed by atoms with van der Waals surface area (Å²) in [6.45, 7) is 3.85. The number of amides is 2. The Hall–Kier alpha value is -3.73. The summed E-state index contributed by atoms with van der Waals surface area (Å²) in [7, 11) is 0. The van der Waals surface area contributed by atoms with Crippen LogP contribution in [-0.2, 0) is 9.59 Å². The molecule has 0 aliphatic rings. The van der Waals surface area contributed by atoms with Crippen LogP contribution in [-0.4, -0.2) is 17.5 Å². The molecule has 0 aliphatic heterocycles. The van der Waals surface area contributed by atoms with Gasteiger partial charge in [-0.25, -0.2) is 5.43 Å². The minimum atomic E-state index is -0.295. The van der Waals surface area contributed by atoms with E-state index in [4.69, 9.17) is 0 Å². The van der Waals surface area contributed by atoms with Gasteiger partial charge in [0.25, 0.3) is 0 Å². The lowest BCUT2D eigenvalue weighted by molar-refractivity contribution is -0.124. The number of carbonyl (C=O) groups is 2. The van der Waals surface area contributed by atoms with Gasteiger partial charge in [0.1, 0.15) is 0 Å². The van der Waals surface area contributed by atoms with E-state index in [2.05, 4.69) is 10.5 Å². The van der Waals surface area contributed by atoms with Gasteiger partial charge in [0.2, 0.25) is 11.8 Å². The predicted molar refractivity (Wildman–Crippen MR) is 121 cm³/mol. The number of benzene rings is 3. The van der Waals surface area contributed by atoms with E-state index in [-0.39, 0.29) is 24.7 Å². The van der Waals surface area contributed by atoms with Gasteiger partial charge in [-0.3, -0.25) is 14.5 Å². The predicted octanol–water partition coefficient (Wildman–Crippen LogP) is 4.98. The molecule has 152 valence electrons. The Morgan fingerprint density at radius 1 is 0.800 bits per heavy atom. The van der Waals surface area contributed by atoms with Crippen molar-refractivity contribution in [1.82, 2.24) is 5.43 Å². The molecular weight excluding hydrogens is 374 g/mol. The molecule has 0 heterocycles. The van der Waals surface area contributed by atoms with Crippen LogP contribution in [0.25, 0.3) is 0 Å². The number of anilines is 2. The van der Waals surface area contributed by atoms with Gasteiger partial charge in [-0.15, -0.1) is 0 Å². The maximum absolute atomic E-state index is 13.0. The molecule has 30 heavy (non-hydrogen) atoms. The lowest BCUT2D eigenvalue weighted by Crippen LogP contribution is -2.28. The molecule has 0 saturated heterocycles. The van der Waals surface area contributed by atoms with Gasteiger partial charge in [-0.1, -0.05) is 66.2 Å². The number of nitrogens with zero attached hydrogens (tertiary/aromatic N) is 2. The summed E-state index contributed by atoms with van der Waals surface area (Å²) < 4.78 is 0. The van der Waals surface area contributed by atoms with Crippen LogP contribution in [0.15, 0.2) is 90.0 Å². The summed E-state index contributed by atoms with van der Waals surface area (Å²) in [6, 6.07) is 26.7. The number of para-hydroxylation sites is 2. The summed E-state index contributed by atoms with van der Waals surface area (Å²) in [5.74, 6) is -0.447. The summed E-state index contributed by atoms with van der Waals surface area (Å²) in [5.41, 5.74) is 6.90. The normalized spacial score (nSPS) is 11.1. The Kier molecular flexibility index (Phi) is 7.11. The van der Waals surface area contributed by atoms with Crippen LogP contribution in [0.2, 0.25) is 0 Å². The van der Waals surface area contributed by atoms with Gasteiger partial charge in [-0.05, 0) is 43.7 Å². The van der Waals surface area contributed by atoms with Crippen LogP contribution >= 0.6 is 0 Å². The molecule has 5 heteroatoms. The van der Waals surface area contributed by atoms with Crippen molar-refractivity contribution < 1.29 is 9.59 Å². The summed E-state index contributed by atoms with van der Waals surface area (Å²) in [5, 5.41) is 4.16. The van der Waals surface area contributed by atoms with Gasteiger partial charge in [0, 0.05) is 24.2 Å². The molecule has 3 aromatic rings. The Labute approximate surface area is 177 Å². The van der Waals surface area contributed by atoms with Crippen molar-refractivity contribution in [3.05, 3.63) is 96.1 Å². The van der Waals surface area contributed by atoms with Crippen molar-refractivity contribution in [3.8, 4) is 0 Å². The first kappa shape index (κ1) is 21.0. The molecule has 0 fully saturated rings. The van der Waals surface area contributed by atoms with E-state index in [1.54, 1.807) is 4.90 Å². The maximum atomic E-state index is 13.0. The monoisotopic (exact) mass is 399 g/mol. The first-order valence-electron chi connectivity index (χ1n) is 9.88. The quantitative estimate of drug-likeness (QED) is 0.450. The second-order valence-corrected chi connectivity index (χ2v) is 7.00. The molecule has 0 aromatic heterocycles. The Morgan fingerprint density at radius 3 is 1.87 bits per heavy atom. The standard InChI is InChI=1S/C25H25N3O2/c1-19-13-15-21(16-14-19)20(2)26-27-24(29)17-18-25(30)28(22-9-5-3-6-10-22)23-11-7-4-8-12-23/h3-16H,17-18H2,1-2H3,(H,27,29)/b26-20-. The van der Waals surface area contributed by atoms with Gasteiger partial charge in [0.05, 0.1) is 5.71 Å². The van der Waals surface area contributed by atoms with Crippen LogP contribution in [0.1, 0.15) is 30.9 Å². The smallest absolute Gasteiger partial charge is 0.240 e. The van der Waals surface area contributed by atoms with E-state index in [9.17, 15) is 9.59 Å². The molecule has 2 amide bonds. The molecule has 0 aliphatic carbocycles. The van der Waals surface area contributed by atoms with Crippen molar-refractivity contribution >= 4 is 28.9 Å². The fraction of sp³-hybridized carbons (Fsp3) is 0.160. The Balaban J connectivity index is 1.63. The third-order valence-corrected chi connectivity index (χ3v) is 4.66. The topological polar surface area (TPSA) is 61.8 Å². The zero-order valence-electron chi connectivity index (χ0n) is 17.2. The molecule has 0 saturated carbocycles. The highest BCUT2D eigenvalue weighted by Gasteiger charge is 2.18. The number of hydrogen-bond donors (Lipinski definition) is 1. The number of hydrazone groups is 1. The molecule has 3 rings (SSSR count). The Morgan fingerprint density at radius 2 is 1.33 bits per heavy atom. The van der Waals surface area contributed by atoms with Crippen molar-refractivity contribution in [2.45, 2.75) is 26.7 Å². The van der Waals surface area contributed by atoms with Crippen LogP contribution in [0, 0.1) is 6.92 Å². The highest BCUT2D eigenvalue weighted by atomic mass is 16.2. The average Bonchev–Trinajstić information content (AvgIpc) is 2.78. The molecule has 5 nitrogen and oxygen atoms in total. The van der Waals surface area contributed by atoms with Gasteiger partial charge < -0.3 is 0 Å². The first-order valence-corrected chi connectivity index (χ1v) is 9.88. The molecule has 0 atom stereocenters. The van der Waals surface area contributed by atoms with E-state index in [1.807, 2.05) is 98.8 Å². The van der Waals surface area contributed by atoms with Gasteiger partial charge in [0.15, 0.2) is 0 Å². The molecule has 0 spiro atoms. The summed E-state index contributed by atoms with van der Waals surface area (Å²) >= 11 is 0. The van der Waals surface area contributed by atoms with Crippen LogP contribution in [0.3, 0.4) is 0 Å². The summed E-state index contributed by atoms with van der Waals surface area (Å²) in [4.78, 5) is 26.8. The minimum absolute atomic E-state index is 0.0552. The van der Waals surface area contributed by atoms with Crippen molar-refractivity contribution in [2.24, 2.45) is 5.10 Å². The molecule has 3 aromatic carbocycles. The third kappa shape index (κ3) is 5.64. The second kappa shape index (κ2) is 10.2. The number of carbonyl (C=O) groups excluding carboxylic acids is 2. The zero-order valence-corrected chi connectivity index (χ0v) is 17.2. The highest BCUT2D eigenvalue weighted by Crippen LogP contribution is 2.26. The van der Waals surface area contributed by atoms with E-state index in [0.29, 0.717) is 5.71 Å². The molecule has 1 N–H and O–H groups in total. The lowest BCUT2D eigenvalue weighted by atomic mass is 10.1. The average molecular weight is 399 g/mol. The molecular formula is C25H25N3O2. The number of aryl methyl sites for hydroxylation is 1. The Bertz CT molecular complexity index is 974. The summed E-state index contributed by atoms with van der Waals surface area (Å²) in [6.07, 6.45) is 0.133. The lowest BCUT2D eigenvalue weighted by Gasteiger charge is -2.23. The van der Waals surface area contributed by atoms with Crippen molar-refractivity contribution in [1.29, 1.82) is 0 Å². The molecule has 0 bridgehead atoms. The van der Waals surface area contributed by atoms with Crippen LogP contribution in [0.5, 0.6) is 0 Å². The SMILES string of the molecule is C/C(=N/NC(=O)CCC(=O)N(c1ccccc1)c1ccccc1)c1ccc(C)cc1. The fourth-order valence-electron chi connectivity index (χ4n) is 2.98. The van der Waals surface area contributed by atoms with Gasteiger partial charge >= 0.3 is 0 Å². The fourth-order valence-corrected chi connectivity index (χ4v) is 2.98. The van der Waals surface area contributed by atoms with Crippen molar-refractivity contribution in [3.63, 3.8) is 0 Å². The largest absolute Gasteiger partial charge is 0.281 e. The first-order chi connectivity index (χ1) is 14.5. The maximum Gasteiger partial charge on any atom is 0.240 e. The van der Waals surface area contributed by atoms with E-state index < -0.39 is 0 Å². The minimum Gasteiger partial charge on any atom is -0.281 e. The van der Waals surface area contributed by atoms with Crippen LogP contribution < -0.4 is 10.3 Å². The second-order valence-electron chi connectivity index (χ2n) is 7.00. The van der Waals surface area contributed by atoms with Gasteiger partial charge in [-0.2, -0.15) is 5.10 Å². The number of rotatable bonds is 7. The molecule has 0 unspecified atom stereocenters. The molecule has 0 radical (unpaired) electrons. The zero-order chi connectivity index (χ0) is 21.3. The number of hydrogen-bond acceptors (Lipinski definition) is 3. The van der Waals surface area contributed by atoms with Crippen LogP contribution in [0.4, 0.5) is 11.4 Å². The number of nitrogens with one attached hydrogen (secondary N) is 1. The van der Waals surface area contributed by atoms with E-state index in [0.717, 1.165) is 22.5 Å².